The molecule has 0 spiro atoms. The fourth-order valence-corrected chi connectivity index (χ4v) is 0.740. The van der Waals surface area contributed by atoms with Crippen LogP contribution in [0.25, 0.3) is 0 Å². The van der Waals surface area contributed by atoms with Crippen molar-refractivity contribution in [3.63, 3.8) is 0 Å². The van der Waals surface area contributed by atoms with E-state index in [1.165, 1.54) is 6.20 Å². The van der Waals surface area contributed by atoms with E-state index in [0.29, 0.717) is 11.5 Å². The molecule has 0 amide bonds. The van der Waals surface area contributed by atoms with Crippen molar-refractivity contribution in [1.82, 2.24) is 9.97 Å². The van der Waals surface area contributed by atoms with Crippen LogP contribution in [-0.2, 0) is 4.79 Å². The van der Waals surface area contributed by atoms with Crippen molar-refractivity contribution >= 4 is 11.8 Å². The molecule has 0 aliphatic carbocycles. The number of nitrogens with zero attached hydrogens (tertiary/aromatic N) is 2. The maximum Gasteiger partial charge on any atom is 0.322 e. The summed E-state index contributed by atoms with van der Waals surface area (Å²) in [6.45, 7) is 1.62. The lowest BCUT2D eigenvalue weighted by Gasteiger charge is -2.03. The van der Waals surface area contributed by atoms with Gasteiger partial charge in [0.05, 0.1) is 5.69 Å². The summed E-state index contributed by atoms with van der Waals surface area (Å²) in [5.41, 5.74) is 0.693. The maximum absolute atomic E-state index is 10.2. The summed E-state index contributed by atoms with van der Waals surface area (Å²) in [6, 6.07) is 0. The Balaban J connectivity index is 2.63. The minimum absolute atomic E-state index is 0.139. The molecule has 1 rings (SSSR count). The molecule has 0 atom stereocenters. The lowest BCUT2D eigenvalue weighted by atomic mass is 10.4. The summed E-state index contributed by atoms with van der Waals surface area (Å²) in [4.78, 5) is 18.0. The molecule has 64 valence electrons. The van der Waals surface area contributed by atoms with Crippen molar-refractivity contribution in [2.45, 2.75) is 6.92 Å². The highest BCUT2D eigenvalue weighted by Crippen LogP contribution is 2.04. The Bertz CT molecular complexity index is 288. The molecule has 0 aromatic carbocycles. The zero-order valence-electron chi connectivity index (χ0n) is 6.61. The maximum atomic E-state index is 10.2. The van der Waals surface area contributed by atoms with Crippen molar-refractivity contribution < 1.29 is 9.90 Å². The molecular formula is C7H9N3O2. The first-order chi connectivity index (χ1) is 5.70. The smallest absolute Gasteiger partial charge is 0.322 e. The first-order valence-corrected chi connectivity index (χ1v) is 3.43. The second-order valence-electron chi connectivity index (χ2n) is 2.24. The van der Waals surface area contributed by atoms with Gasteiger partial charge in [-0.2, -0.15) is 0 Å². The number of rotatable bonds is 3. The second kappa shape index (κ2) is 3.66. The van der Waals surface area contributed by atoms with E-state index in [9.17, 15) is 4.79 Å². The Morgan fingerprint density at radius 1 is 1.58 bits per heavy atom. The van der Waals surface area contributed by atoms with Gasteiger partial charge in [0.15, 0.2) is 0 Å². The summed E-state index contributed by atoms with van der Waals surface area (Å²) in [5, 5.41) is 11.0. The zero-order chi connectivity index (χ0) is 8.97. The van der Waals surface area contributed by atoms with Gasteiger partial charge in [0.1, 0.15) is 12.4 Å². The summed E-state index contributed by atoms with van der Waals surface area (Å²) in [7, 11) is 0. The van der Waals surface area contributed by atoms with Gasteiger partial charge in [0.25, 0.3) is 0 Å². The molecular weight excluding hydrogens is 158 g/mol. The van der Waals surface area contributed by atoms with Gasteiger partial charge in [-0.1, -0.05) is 0 Å². The van der Waals surface area contributed by atoms with E-state index >= 15 is 0 Å². The van der Waals surface area contributed by atoms with Crippen LogP contribution < -0.4 is 5.32 Å². The number of hydrogen-bond acceptors (Lipinski definition) is 4. The summed E-state index contributed by atoms with van der Waals surface area (Å²) < 4.78 is 0. The van der Waals surface area contributed by atoms with Crippen LogP contribution in [0.1, 0.15) is 5.69 Å². The van der Waals surface area contributed by atoms with E-state index in [-0.39, 0.29) is 6.54 Å². The lowest BCUT2D eigenvalue weighted by Crippen LogP contribution is -2.14. The first-order valence-electron chi connectivity index (χ1n) is 3.43. The van der Waals surface area contributed by atoms with E-state index in [1.807, 2.05) is 0 Å². The molecule has 0 unspecified atom stereocenters. The number of carboxylic acids is 1. The highest BCUT2D eigenvalue weighted by Gasteiger charge is 2.00. The summed E-state index contributed by atoms with van der Waals surface area (Å²) in [5.74, 6) is -0.403. The van der Waals surface area contributed by atoms with Crippen LogP contribution >= 0.6 is 0 Å². The van der Waals surface area contributed by atoms with E-state index in [2.05, 4.69) is 15.3 Å². The first kappa shape index (κ1) is 8.45. The normalized spacial score (nSPS) is 9.42. The number of aliphatic carboxylic acids is 1. The number of aryl methyl sites for hydroxylation is 1. The predicted octanol–water partition coefficient (Wildman–Crippen LogP) is 0.282. The van der Waals surface area contributed by atoms with Crippen LogP contribution in [0.3, 0.4) is 0 Å². The third-order valence-electron chi connectivity index (χ3n) is 1.29. The van der Waals surface area contributed by atoms with Gasteiger partial charge in [-0.3, -0.25) is 9.78 Å². The molecule has 1 heterocycles. The Kier molecular flexibility index (Phi) is 2.57. The second-order valence-corrected chi connectivity index (χ2v) is 2.24. The van der Waals surface area contributed by atoms with Crippen LogP contribution in [-0.4, -0.2) is 27.6 Å². The van der Waals surface area contributed by atoms with Crippen molar-refractivity contribution in [2.24, 2.45) is 0 Å². The Morgan fingerprint density at radius 2 is 2.25 bits per heavy atom. The SMILES string of the molecule is Cc1nccnc1NCC(=O)O. The third-order valence-corrected chi connectivity index (χ3v) is 1.29. The molecule has 0 aliphatic heterocycles. The van der Waals surface area contributed by atoms with Crippen LogP contribution in [0.15, 0.2) is 12.4 Å². The minimum Gasteiger partial charge on any atom is -0.480 e. The summed E-state index contributed by atoms with van der Waals surface area (Å²) in [6.07, 6.45) is 3.07. The minimum atomic E-state index is -0.917. The molecule has 0 aliphatic rings. The van der Waals surface area contributed by atoms with Gasteiger partial charge in [0.2, 0.25) is 0 Å². The molecule has 0 fully saturated rings. The van der Waals surface area contributed by atoms with E-state index in [1.54, 1.807) is 13.1 Å². The molecule has 0 bridgehead atoms. The van der Waals surface area contributed by atoms with Gasteiger partial charge in [-0.15, -0.1) is 0 Å². The van der Waals surface area contributed by atoms with Gasteiger partial charge in [-0.25, -0.2) is 4.98 Å². The van der Waals surface area contributed by atoms with E-state index in [4.69, 9.17) is 5.11 Å². The van der Waals surface area contributed by atoms with Crippen LogP contribution in [0.5, 0.6) is 0 Å². The Labute approximate surface area is 69.5 Å². The lowest BCUT2D eigenvalue weighted by molar-refractivity contribution is -0.134. The molecule has 0 saturated heterocycles. The fourth-order valence-electron chi connectivity index (χ4n) is 0.740. The molecule has 0 radical (unpaired) electrons. The fraction of sp³-hybridized carbons (Fsp3) is 0.286. The highest BCUT2D eigenvalue weighted by molar-refractivity contribution is 5.72. The zero-order valence-corrected chi connectivity index (χ0v) is 6.61. The standard InChI is InChI=1S/C7H9N3O2/c1-5-7(9-3-2-8-5)10-4-6(11)12/h2-3H,4H2,1H3,(H,9,10)(H,11,12). The Morgan fingerprint density at radius 3 is 2.83 bits per heavy atom. The number of hydrogen-bond donors (Lipinski definition) is 2. The molecule has 5 nitrogen and oxygen atoms in total. The molecule has 1 aromatic heterocycles. The van der Waals surface area contributed by atoms with Crippen molar-refractivity contribution in [3.05, 3.63) is 18.1 Å². The number of aromatic nitrogens is 2. The molecule has 5 heteroatoms. The molecule has 0 saturated carbocycles. The Hall–Kier alpha value is -1.65. The van der Waals surface area contributed by atoms with Crippen molar-refractivity contribution in [2.75, 3.05) is 11.9 Å². The summed E-state index contributed by atoms with van der Waals surface area (Å²) >= 11 is 0. The topological polar surface area (TPSA) is 75.1 Å². The third kappa shape index (κ3) is 2.19. The average molecular weight is 167 g/mol. The van der Waals surface area contributed by atoms with E-state index < -0.39 is 5.97 Å². The molecule has 1 aromatic rings. The van der Waals surface area contributed by atoms with E-state index in [0.717, 1.165) is 0 Å². The van der Waals surface area contributed by atoms with Crippen molar-refractivity contribution in [1.29, 1.82) is 0 Å². The van der Waals surface area contributed by atoms with Crippen LogP contribution in [0, 0.1) is 6.92 Å². The quantitative estimate of drug-likeness (QED) is 0.676. The monoisotopic (exact) mass is 167 g/mol. The average Bonchev–Trinajstić information content (AvgIpc) is 2.03. The largest absolute Gasteiger partial charge is 0.480 e. The van der Waals surface area contributed by atoms with Crippen LogP contribution in [0.2, 0.25) is 0 Å². The van der Waals surface area contributed by atoms with Crippen molar-refractivity contribution in [3.8, 4) is 0 Å². The number of nitrogens with one attached hydrogen (secondary N) is 1. The number of anilines is 1. The van der Waals surface area contributed by atoms with Gasteiger partial charge >= 0.3 is 5.97 Å². The molecule has 2 N–H and O–H groups in total. The van der Waals surface area contributed by atoms with Crippen LogP contribution in [0.4, 0.5) is 5.82 Å². The molecule has 12 heavy (non-hydrogen) atoms. The van der Waals surface area contributed by atoms with Gasteiger partial charge in [0, 0.05) is 12.4 Å². The number of carboxylic acid groups (broad SMARTS) is 1. The van der Waals surface area contributed by atoms with Gasteiger partial charge < -0.3 is 10.4 Å². The predicted molar refractivity (Wildman–Crippen MR) is 42.9 cm³/mol. The van der Waals surface area contributed by atoms with Gasteiger partial charge in [-0.05, 0) is 6.92 Å². The highest BCUT2D eigenvalue weighted by atomic mass is 16.4. The number of carbonyl (C=O) groups is 1.